The Labute approximate surface area is 164 Å². The fourth-order valence-corrected chi connectivity index (χ4v) is 3.64. The first kappa shape index (κ1) is 19.4. The normalized spacial score (nSPS) is 12.4. The zero-order valence-electron chi connectivity index (χ0n) is 17.0. The lowest BCUT2D eigenvalue weighted by Gasteiger charge is -2.22. The highest BCUT2D eigenvalue weighted by Crippen LogP contribution is 2.10. The molecule has 3 rings (SSSR count). The summed E-state index contributed by atoms with van der Waals surface area (Å²) in [5.74, 6) is 0.745. The average Bonchev–Trinajstić information content (AvgIpc) is 3.07. The second-order valence-corrected chi connectivity index (χ2v) is 8.14. The molecule has 1 heterocycles. The van der Waals surface area contributed by atoms with Gasteiger partial charge in [-0.25, -0.2) is 0 Å². The molecule has 0 aliphatic heterocycles. The quantitative estimate of drug-likeness (QED) is 0.576. The summed E-state index contributed by atoms with van der Waals surface area (Å²) in [6.45, 7) is 11.1. The summed E-state index contributed by atoms with van der Waals surface area (Å²) in [5.41, 5.74) is 5.55. The maximum atomic E-state index is 2.41. The molecule has 3 aromatic rings. The predicted molar refractivity (Wildman–Crippen MR) is 114 cm³/mol. The summed E-state index contributed by atoms with van der Waals surface area (Å²) < 4.78 is 2.41. The minimum absolute atomic E-state index is 0.745. The van der Waals surface area contributed by atoms with Crippen LogP contribution in [0, 0.1) is 12.8 Å². The van der Waals surface area contributed by atoms with Gasteiger partial charge in [-0.2, -0.15) is 0 Å². The summed E-state index contributed by atoms with van der Waals surface area (Å²) in [6, 6.07) is 24.2. The van der Waals surface area contributed by atoms with Crippen molar-refractivity contribution >= 4 is 0 Å². The Kier molecular flexibility index (Phi) is 6.89. The molecule has 0 saturated carbocycles. The van der Waals surface area contributed by atoms with Gasteiger partial charge in [-0.15, -0.1) is 0 Å². The van der Waals surface area contributed by atoms with Crippen LogP contribution < -0.4 is 4.90 Å². The summed E-state index contributed by atoms with van der Waals surface area (Å²) >= 11 is 0. The monoisotopic (exact) mass is 361 g/mol. The van der Waals surface area contributed by atoms with Gasteiger partial charge in [-0.3, -0.25) is 0 Å². The van der Waals surface area contributed by atoms with Crippen LogP contribution in [0.4, 0.5) is 0 Å². The molecule has 1 aromatic heterocycles. The van der Waals surface area contributed by atoms with E-state index in [2.05, 4.69) is 98.3 Å². The maximum Gasteiger partial charge on any atom is 0.118 e. The summed E-state index contributed by atoms with van der Waals surface area (Å²) in [5, 5.41) is 0. The first-order chi connectivity index (χ1) is 13.1. The van der Waals surface area contributed by atoms with Crippen LogP contribution in [0.2, 0.25) is 0 Å². The second-order valence-electron chi connectivity index (χ2n) is 8.14. The molecule has 27 heavy (non-hydrogen) atoms. The van der Waals surface area contributed by atoms with Crippen molar-refractivity contribution in [3.8, 4) is 0 Å². The third kappa shape index (κ3) is 6.11. The Morgan fingerprint density at radius 1 is 0.852 bits per heavy atom. The van der Waals surface area contributed by atoms with Gasteiger partial charge in [0.05, 0.1) is 12.2 Å². The minimum Gasteiger partial charge on any atom is -0.342 e. The summed E-state index contributed by atoms with van der Waals surface area (Å²) in [6.07, 6.45) is 3.49. The van der Waals surface area contributed by atoms with Crippen LogP contribution in [-0.4, -0.2) is 11.1 Å². The lowest BCUT2D eigenvalue weighted by atomic mass is 10.1. The van der Waals surface area contributed by atoms with E-state index in [4.69, 9.17) is 0 Å². The first-order valence-corrected chi connectivity index (χ1v) is 10.2. The SMILES string of the molecule is Cc1cccc(Cn2cccc2C[NH+](CCC(C)C)Cc2ccccc2)c1. The number of benzene rings is 2. The number of rotatable bonds is 9. The van der Waals surface area contributed by atoms with Crippen molar-refractivity contribution in [2.24, 2.45) is 5.92 Å². The number of aryl methyl sites for hydroxylation is 1. The van der Waals surface area contributed by atoms with Crippen LogP contribution in [0.1, 0.15) is 42.7 Å². The number of quaternary nitrogens is 1. The molecule has 0 bridgehead atoms. The van der Waals surface area contributed by atoms with Gasteiger partial charge in [-0.05, 0) is 37.0 Å². The van der Waals surface area contributed by atoms with Crippen LogP contribution in [0.3, 0.4) is 0 Å². The Morgan fingerprint density at radius 3 is 2.37 bits per heavy atom. The molecular formula is C25H33N2+. The van der Waals surface area contributed by atoms with Gasteiger partial charge in [0.15, 0.2) is 0 Å². The highest BCUT2D eigenvalue weighted by Gasteiger charge is 2.14. The molecule has 1 atom stereocenters. The highest BCUT2D eigenvalue weighted by molar-refractivity contribution is 5.23. The summed E-state index contributed by atoms with van der Waals surface area (Å²) in [4.78, 5) is 1.64. The van der Waals surface area contributed by atoms with Gasteiger partial charge in [0.25, 0.3) is 0 Å². The standard InChI is InChI=1S/C25H32N2/c1-21(2)14-16-26(18-23-10-5-4-6-11-23)20-25-13-8-15-27(25)19-24-12-7-9-22(3)17-24/h4-13,15,17,21H,14,16,18-20H2,1-3H3/p+1. The van der Waals surface area contributed by atoms with Gasteiger partial charge < -0.3 is 9.47 Å². The number of hydrogen-bond donors (Lipinski definition) is 1. The molecule has 2 heteroatoms. The Balaban J connectivity index is 1.72. The van der Waals surface area contributed by atoms with Crippen molar-refractivity contribution in [1.29, 1.82) is 0 Å². The molecule has 0 spiro atoms. The average molecular weight is 362 g/mol. The summed E-state index contributed by atoms with van der Waals surface area (Å²) in [7, 11) is 0. The van der Waals surface area contributed by atoms with Crippen molar-refractivity contribution in [3.05, 3.63) is 95.3 Å². The van der Waals surface area contributed by atoms with E-state index in [9.17, 15) is 0 Å². The van der Waals surface area contributed by atoms with Gasteiger partial charge in [0.1, 0.15) is 13.1 Å². The smallest absolute Gasteiger partial charge is 0.118 e. The largest absolute Gasteiger partial charge is 0.342 e. The van der Waals surface area contributed by atoms with Crippen LogP contribution >= 0.6 is 0 Å². The van der Waals surface area contributed by atoms with Crippen molar-refractivity contribution in [2.75, 3.05) is 6.54 Å². The number of hydrogen-bond acceptors (Lipinski definition) is 0. The van der Waals surface area contributed by atoms with E-state index >= 15 is 0 Å². The third-order valence-electron chi connectivity index (χ3n) is 5.16. The first-order valence-electron chi connectivity index (χ1n) is 10.2. The zero-order valence-corrected chi connectivity index (χ0v) is 17.0. The van der Waals surface area contributed by atoms with Crippen LogP contribution in [0.15, 0.2) is 72.9 Å². The van der Waals surface area contributed by atoms with E-state index in [-0.39, 0.29) is 0 Å². The van der Waals surface area contributed by atoms with Crippen molar-refractivity contribution < 1.29 is 4.90 Å². The third-order valence-corrected chi connectivity index (χ3v) is 5.16. The van der Waals surface area contributed by atoms with Gasteiger partial charge in [0.2, 0.25) is 0 Å². The van der Waals surface area contributed by atoms with E-state index in [1.807, 2.05) is 0 Å². The fourth-order valence-electron chi connectivity index (χ4n) is 3.64. The molecule has 1 unspecified atom stereocenters. The molecule has 2 nitrogen and oxygen atoms in total. The maximum absolute atomic E-state index is 2.41. The van der Waals surface area contributed by atoms with E-state index in [0.717, 1.165) is 25.6 Å². The molecule has 0 amide bonds. The molecular weight excluding hydrogens is 328 g/mol. The lowest BCUT2D eigenvalue weighted by molar-refractivity contribution is -0.928. The van der Waals surface area contributed by atoms with Crippen molar-refractivity contribution in [3.63, 3.8) is 0 Å². The zero-order chi connectivity index (χ0) is 19.1. The molecule has 0 saturated heterocycles. The van der Waals surface area contributed by atoms with Gasteiger partial charge in [0, 0.05) is 18.3 Å². The molecule has 142 valence electrons. The number of nitrogens with one attached hydrogen (secondary N) is 1. The Morgan fingerprint density at radius 2 is 1.63 bits per heavy atom. The Bertz CT molecular complexity index is 817. The Hall–Kier alpha value is -2.32. The van der Waals surface area contributed by atoms with Crippen LogP contribution in [0.25, 0.3) is 0 Å². The van der Waals surface area contributed by atoms with Crippen LogP contribution in [0.5, 0.6) is 0 Å². The number of nitrogens with zero attached hydrogens (tertiary/aromatic N) is 1. The predicted octanol–water partition coefficient (Wildman–Crippen LogP) is 4.48. The topological polar surface area (TPSA) is 9.37 Å². The highest BCUT2D eigenvalue weighted by atomic mass is 15.1. The van der Waals surface area contributed by atoms with E-state index in [0.29, 0.717) is 0 Å². The molecule has 0 radical (unpaired) electrons. The second kappa shape index (κ2) is 9.57. The fraction of sp³-hybridized carbons (Fsp3) is 0.360. The van der Waals surface area contributed by atoms with E-state index in [1.54, 1.807) is 4.90 Å². The van der Waals surface area contributed by atoms with E-state index in [1.165, 1.54) is 35.3 Å². The van der Waals surface area contributed by atoms with Gasteiger partial charge >= 0.3 is 0 Å². The van der Waals surface area contributed by atoms with Crippen LogP contribution in [-0.2, 0) is 19.6 Å². The molecule has 0 aliphatic carbocycles. The minimum atomic E-state index is 0.745. The lowest BCUT2D eigenvalue weighted by Crippen LogP contribution is -3.09. The molecule has 0 fully saturated rings. The van der Waals surface area contributed by atoms with Crippen molar-refractivity contribution in [1.82, 2.24) is 4.57 Å². The van der Waals surface area contributed by atoms with E-state index < -0.39 is 0 Å². The van der Waals surface area contributed by atoms with Crippen molar-refractivity contribution in [2.45, 2.75) is 46.8 Å². The molecule has 1 N–H and O–H groups in total. The molecule has 0 aliphatic rings. The molecule has 2 aromatic carbocycles. The number of aromatic nitrogens is 1. The van der Waals surface area contributed by atoms with Gasteiger partial charge in [-0.1, -0.05) is 74.0 Å².